The van der Waals surface area contributed by atoms with Crippen LogP contribution < -0.4 is 15.2 Å². The number of hydrogen-bond donors (Lipinski definition) is 1. The number of fused-ring (bicyclic) bond motifs is 1. The Balaban J connectivity index is 1.84. The van der Waals surface area contributed by atoms with Crippen molar-refractivity contribution >= 4 is 11.3 Å². The van der Waals surface area contributed by atoms with E-state index in [1.165, 1.54) is 12.8 Å². The number of rotatable bonds is 5. The lowest BCUT2D eigenvalue weighted by atomic mass is 9.99. The predicted molar refractivity (Wildman–Crippen MR) is 112 cm³/mol. The Kier molecular flexibility index (Phi) is 5.13. The number of piperidine rings is 1. The molecule has 148 valence electrons. The van der Waals surface area contributed by atoms with Crippen molar-refractivity contribution in [3.8, 4) is 22.8 Å². The zero-order valence-electron chi connectivity index (χ0n) is 16.8. The van der Waals surface area contributed by atoms with E-state index >= 15 is 0 Å². The van der Waals surface area contributed by atoms with Crippen LogP contribution in [0.15, 0.2) is 36.5 Å². The Bertz CT molecular complexity index is 974. The van der Waals surface area contributed by atoms with Crippen molar-refractivity contribution in [2.24, 2.45) is 5.92 Å². The molecule has 1 aliphatic rings. The quantitative estimate of drug-likeness (QED) is 0.729. The fourth-order valence-electron chi connectivity index (χ4n) is 3.91. The van der Waals surface area contributed by atoms with Crippen LogP contribution in [-0.4, -0.2) is 41.6 Å². The highest BCUT2D eigenvalue weighted by Gasteiger charge is 2.22. The highest BCUT2D eigenvalue weighted by Crippen LogP contribution is 2.36. The first kappa shape index (κ1) is 18.6. The number of benzene rings is 1. The number of nitrogen functional groups attached to an aromatic ring is 1. The molecular weight excluding hydrogens is 352 g/mol. The van der Waals surface area contributed by atoms with Crippen LogP contribution in [0.4, 0.5) is 5.69 Å². The number of nitrogens with two attached hydrogens (primary N) is 1. The van der Waals surface area contributed by atoms with Crippen molar-refractivity contribution in [3.05, 3.63) is 42.2 Å². The summed E-state index contributed by atoms with van der Waals surface area (Å²) in [4.78, 5) is 7.44. The maximum Gasteiger partial charge on any atom is 0.137 e. The molecule has 0 atom stereocenters. The zero-order valence-corrected chi connectivity index (χ0v) is 16.8. The van der Waals surface area contributed by atoms with E-state index in [2.05, 4.69) is 16.2 Å². The van der Waals surface area contributed by atoms with Crippen molar-refractivity contribution in [3.63, 3.8) is 0 Å². The minimum absolute atomic E-state index is 0.725. The average Bonchev–Trinajstić information content (AvgIpc) is 3.06. The van der Waals surface area contributed by atoms with Gasteiger partial charge in [0.05, 0.1) is 25.6 Å². The fraction of sp³-hybridized carbons (Fsp3) is 0.409. The molecule has 1 aliphatic heterocycles. The molecule has 0 aliphatic carbocycles. The molecule has 28 heavy (non-hydrogen) atoms. The molecule has 0 bridgehead atoms. The molecular formula is C22H28N4O2. The molecule has 1 aromatic carbocycles. The van der Waals surface area contributed by atoms with Crippen LogP contribution in [0.25, 0.3) is 16.9 Å². The van der Waals surface area contributed by atoms with E-state index in [9.17, 15) is 0 Å². The number of nitrogens with zero attached hydrogens (tertiary/aromatic N) is 3. The van der Waals surface area contributed by atoms with E-state index in [1.54, 1.807) is 14.2 Å². The summed E-state index contributed by atoms with van der Waals surface area (Å²) in [6.07, 6.45) is 4.42. The van der Waals surface area contributed by atoms with Gasteiger partial charge in [-0.25, -0.2) is 4.98 Å². The lowest BCUT2D eigenvalue weighted by Gasteiger charge is -2.30. The second-order valence-electron chi connectivity index (χ2n) is 7.62. The molecule has 0 radical (unpaired) electrons. The Hall–Kier alpha value is -2.73. The summed E-state index contributed by atoms with van der Waals surface area (Å²) < 4.78 is 13.2. The van der Waals surface area contributed by atoms with Gasteiger partial charge in [-0.15, -0.1) is 0 Å². The first-order valence-electron chi connectivity index (χ1n) is 9.80. The molecule has 0 spiro atoms. The Morgan fingerprint density at radius 2 is 1.89 bits per heavy atom. The molecule has 0 unspecified atom stereocenters. The van der Waals surface area contributed by atoms with Gasteiger partial charge in [0.2, 0.25) is 0 Å². The first-order valence-corrected chi connectivity index (χ1v) is 9.80. The highest BCUT2D eigenvalue weighted by molar-refractivity contribution is 5.74. The molecule has 1 fully saturated rings. The smallest absolute Gasteiger partial charge is 0.137 e. The van der Waals surface area contributed by atoms with Crippen LogP contribution in [0, 0.1) is 5.92 Å². The Morgan fingerprint density at radius 1 is 1.11 bits per heavy atom. The number of ether oxygens (including phenoxy) is 2. The highest BCUT2D eigenvalue weighted by atomic mass is 16.5. The summed E-state index contributed by atoms with van der Waals surface area (Å²) in [5.74, 6) is 2.36. The number of aromatic nitrogens is 2. The van der Waals surface area contributed by atoms with E-state index in [-0.39, 0.29) is 0 Å². The molecule has 2 aromatic heterocycles. The summed E-state index contributed by atoms with van der Waals surface area (Å²) in [5.41, 5.74) is 10.7. The number of pyridine rings is 1. The van der Waals surface area contributed by atoms with E-state index < -0.39 is 0 Å². The summed E-state index contributed by atoms with van der Waals surface area (Å²) >= 11 is 0. The third kappa shape index (κ3) is 3.52. The van der Waals surface area contributed by atoms with Crippen LogP contribution in [0.2, 0.25) is 0 Å². The topological polar surface area (TPSA) is 65.0 Å². The van der Waals surface area contributed by atoms with E-state index in [4.69, 9.17) is 20.2 Å². The van der Waals surface area contributed by atoms with E-state index in [1.807, 2.05) is 36.5 Å². The van der Waals surface area contributed by atoms with Gasteiger partial charge >= 0.3 is 0 Å². The van der Waals surface area contributed by atoms with Gasteiger partial charge in [-0.05, 0) is 62.2 Å². The Labute approximate surface area is 165 Å². The monoisotopic (exact) mass is 380 g/mol. The van der Waals surface area contributed by atoms with Crippen molar-refractivity contribution in [2.45, 2.75) is 26.3 Å². The van der Waals surface area contributed by atoms with Gasteiger partial charge in [-0.3, -0.25) is 4.90 Å². The molecule has 0 saturated carbocycles. The van der Waals surface area contributed by atoms with Gasteiger partial charge in [0.15, 0.2) is 0 Å². The van der Waals surface area contributed by atoms with Crippen molar-refractivity contribution < 1.29 is 9.47 Å². The second-order valence-corrected chi connectivity index (χ2v) is 7.62. The summed E-state index contributed by atoms with van der Waals surface area (Å²) in [7, 11) is 3.36. The maximum absolute atomic E-state index is 6.09. The standard InChI is InChI=1S/C22H28N4O2/c1-15-8-10-25(11-9-15)14-19-22(24-21-7-4-16(23)13-26(19)21)18-12-17(27-2)5-6-20(18)28-3/h4-7,12-13,15H,8-11,14,23H2,1-3H3. The lowest BCUT2D eigenvalue weighted by Crippen LogP contribution is -2.32. The van der Waals surface area contributed by atoms with Crippen LogP contribution in [0.5, 0.6) is 11.5 Å². The molecule has 4 rings (SSSR count). The number of imidazole rings is 1. The second kappa shape index (κ2) is 7.72. The van der Waals surface area contributed by atoms with Crippen LogP contribution in [0.3, 0.4) is 0 Å². The van der Waals surface area contributed by atoms with Crippen LogP contribution >= 0.6 is 0 Å². The SMILES string of the molecule is COc1ccc(OC)c(-c2nc3ccc(N)cn3c2CN2CCC(C)CC2)c1. The van der Waals surface area contributed by atoms with E-state index in [0.717, 1.165) is 65.3 Å². The summed E-state index contributed by atoms with van der Waals surface area (Å²) in [6, 6.07) is 9.68. The molecule has 1 saturated heterocycles. The summed E-state index contributed by atoms with van der Waals surface area (Å²) in [5, 5.41) is 0. The summed E-state index contributed by atoms with van der Waals surface area (Å²) in [6.45, 7) is 5.36. The van der Waals surface area contributed by atoms with Crippen molar-refractivity contribution in [2.75, 3.05) is 33.0 Å². The number of methoxy groups -OCH3 is 2. The maximum atomic E-state index is 6.09. The fourth-order valence-corrected chi connectivity index (χ4v) is 3.91. The van der Waals surface area contributed by atoms with Gasteiger partial charge in [-0.2, -0.15) is 0 Å². The average molecular weight is 380 g/mol. The van der Waals surface area contributed by atoms with Gasteiger partial charge in [0.25, 0.3) is 0 Å². The van der Waals surface area contributed by atoms with Crippen molar-refractivity contribution in [1.29, 1.82) is 0 Å². The molecule has 3 aromatic rings. The number of hydrogen-bond acceptors (Lipinski definition) is 5. The molecule has 6 heteroatoms. The molecule has 6 nitrogen and oxygen atoms in total. The predicted octanol–water partition coefficient (Wildman–Crippen LogP) is 3.83. The van der Waals surface area contributed by atoms with Crippen LogP contribution in [-0.2, 0) is 6.54 Å². The van der Waals surface area contributed by atoms with Crippen molar-refractivity contribution in [1.82, 2.24) is 14.3 Å². The molecule has 0 amide bonds. The molecule has 2 N–H and O–H groups in total. The van der Waals surface area contributed by atoms with Gasteiger partial charge < -0.3 is 19.6 Å². The van der Waals surface area contributed by atoms with E-state index in [0.29, 0.717) is 0 Å². The van der Waals surface area contributed by atoms with Gasteiger partial charge in [-0.1, -0.05) is 6.92 Å². The normalized spacial score (nSPS) is 15.8. The third-order valence-electron chi connectivity index (χ3n) is 5.65. The minimum atomic E-state index is 0.725. The lowest BCUT2D eigenvalue weighted by molar-refractivity contribution is 0.183. The third-order valence-corrected chi connectivity index (χ3v) is 5.65. The minimum Gasteiger partial charge on any atom is -0.497 e. The molecule has 3 heterocycles. The van der Waals surface area contributed by atoms with Gasteiger partial charge in [0.1, 0.15) is 17.1 Å². The largest absolute Gasteiger partial charge is 0.497 e. The Morgan fingerprint density at radius 3 is 2.61 bits per heavy atom. The number of likely N-dealkylation sites (tertiary alicyclic amines) is 1. The van der Waals surface area contributed by atoms with Crippen LogP contribution in [0.1, 0.15) is 25.5 Å². The van der Waals surface area contributed by atoms with Gasteiger partial charge in [0, 0.05) is 24.0 Å². The number of anilines is 1. The zero-order chi connectivity index (χ0) is 19.7. The first-order chi connectivity index (χ1) is 13.6.